The molecule has 0 aliphatic carbocycles. The number of rotatable bonds is 2. The summed E-state index contributed by atoms with van der Waals surface area (Å²) in [5, 5.41) is 2.55. The zero-order chi connectivity index (χ0) is 14.4. The molecule has 104 valence electrons. The summed E-state index contributed by atoms with van der Waals surface area (Å²) in [4.78, 5) is 19.9. The third-order valence-electron chi connectivity index (χ3n) is 2.53. The highest BCUT2D eigenvalue weighted by Crippen LogP contribution is 2.29. The van der Waals surface area contributed by atoms with Gasteiger partial charge in [0.1, 0.15) is 11.6 Å². The summed E-state index contributed by atoms with van der Waals surface area (Å²) in [6, 6.07) is 2.12. The average Bonchev–Trinajstić information content (AvgIpc) is 2.74. The number of carbonyl (C=O) groups excluding carboxylic acids is 2. The number of ether oxygens (including phenoxy) is 1. The fourth-order valence-electron chi connectivity index (χ4n) is 1.75. The lowest BCUT2D eigenvalue weighted by molar-refractivity contribution is -0.126. The average molecular weight is 292 g/mol. The molecule has 0 unspecified atom stereocenters. The maximum atomic E-state index is 13.4. The summed E-state index contributed by atoms with van der Waals surface area (Å²) >= 11 is 5.50. The van der Waals surface area contributed by atoms with E-state index in [9.17, 15) is 13.6 Å². The summed E-state index contributed by atoms with van der Waals surface area (Å²) in [6.45, 7) is 0.647. The van der Waals surface area contributed by atoms with Gasteiger partial charge in [0, 0.05) is 29.5 Å². The fraction of sp³-hybridized carbons (Fsp3) is 0.333. The van der Waals surface area contributed by atoms with Crippen molar-refractivity contribution >= 4 is 24.0 Å². The van der Waals surface area contributed by atoms with E-state index in [4.69, 9.17) is 16.4 Å². The third-order valence-corrected chi connectivity index (χ3v) is 2.74. The van der Waals surface area contributed by atoms with E-state index in [0.717, 1.165) is 12.1 Å². The minimum atomic E-state index is -0.693. The number of methoxy groups -OCH3 is 1. The third kappa shape index (κ3) is 4.17. The molecule has 0 aromatic heterocycles. The number of hydrogen-bond donors (Lipinski definition) is 1. The van der Waals surface area contributed by atoms with Gasteiger partial charge >= 0.3 is 0 Å². The standard InChI is InChI=1S/C10H8ClF2NO.C2H4O2/c11-6-2-7(12)10(8(13)3-6)5-1-9(15)14-4-5;1-4-2-3/h2-3,5H,1,4H2,(H,14,15);2H,1H3/t5-;/m0./s1. The van der Waals surface area contributed by atoms with Crippen molar-refractivity contribution in [3.8, 4) is 0 Å². The van der Waals surface area contributed by atoms with Crippen molar-refractivity contribution in [2.24, 2.45) is 0 Å². The van der Waals surface area contributed by atoms with E-state index in [0.29, 0.717) is 6.47 Å². The van der Waals surface area contributed by atoms with E-state index in [1.165, 1.54) is 7.11 Å². The van der Waals surface area contributed by atoms with Gasteiger partial charge in [-0.2, -0.15) is 0 Å². The maximum absolute atomic E-state index is 13.4. The van der Waals surface area contributed by atoms with Gasteiger partial charge in [0.15, 0.2) is 0 Å². The minimum Gasteiger partial charge on any atom is -0.471 e. The lowest BCUT2D eigenvalue weighted by atomic mass is 9.97. The first kappa shape index (κ1) is 15.4. The van der Waals surface area contributed by atoms with Gasteiger partial charge in [-0.15, -0.1) is 0 Å². The first-order valence-electron chi connectivity index (χ1n) is 5.37. The maximum Gasteiger partial charge on any atom is 0.292 e. The van der Waals surface area contributed by atoms with E-state index in [1.807, 2.05) is 0 Å². The Morgan fingerprint density at radius 1 is 1.42 bits per heavy atom. The predicted octanol–water partition coefficient (Wildman–Crippen LogP) is 2.01. The van der Waals surface area contributed by atoms with Gasteiger partial charge in [-0.3, -0.25) is 9.59 Å². The van der Waals surface area contributed by atoms with E-state index >= 15 is 0 Å². The van der Waals surface area contributed by atoms with Crippen molar-refractivity contribution in [3.05, 3.63) is 34.4 Å². The zero-order valence-corrected chi connectivity index (χ0v) is 10.8. The van der Waals surface area contributed by atoms with Crippen molar-refractivity contribution in [1.29, 1.82) is 0 Å². The fourth-order valence-corrected chi connectivity index (χ4v) is 1.94. The van der Waals surface area contributed by atoms with Gasteiger partial charge in [0.25, 0.3) is 6.47 Å². The number of amides is 1. The molecule has 4 nitrogen and oxygen atoms in total. The Morgan fingerprint density at radius 3 is 2.32 bits per heavy atom. The van der Waals surface area contributed by atoms with E-state index in [1.54, 1.807) is 0 Å². The topological polar surface area (TPSA) is 55.4 Å². The van der Waals surface area contributed by atoms with Crippen LogP contribution in [0.25, 0.3) is 0 Å². The molecule has 7 heteroatoms. The Kier molecular flexibility index (Phi) is 5.69. The molecule has 1 amide bonds. The van der Waals surface area contributed by atoms with Crippen molar-refractivity contribution in [3.63, 3.8) is 0 Å². The quantitative estimate of drug-likeness (QED) is 0.848. The summed E-state index contributed by atoms with van der Waals surface area (Å²) in [5.74, 6) is -2.01. The lowest BCUT2D eigenvalue weighted by Crippen LogP contribution is -2.14. The monoisotopic (exact) mass is 291 g/mol. The van der Waals surface area contributed by atoms with Gasteiger partial charge in [0.2, 0.25) is 5.91 Å². The first-order valence-corrected chi connectivity index (χ1v) is 5.75. The molecule has 1 aromatic carbocycles. The largest absolute Gasteiger partial charge is 0.471 e. The van der Waals surface area contributed by atoms with Crippen molar-refractivity contribution < 1.29 is 23.1 Å². The summed E-state index contributed by atoms with van der Waals surface area (Å²) < 4.78 is 30.7. The van der Waals surface area contributed by atoms with Crippen LogP contribution in [0, 0.1) is 11.6 Å². The highest BCUT2D eigenvalue weighted by molar-refractivity contribution is 6.30. The van der Waals surface area contributed by atoms with Gasteiger partial charge in [-0.1, -0.05) is 11.6 Å². The number of benzene rings is 1. The number of halogens is 3. The van der Waals surface area contributed by atoms with Crippen LogP contribution >= 0.6 is 11.6 Å². The van der Waals surface area contributed by atoms with Crippen LogP contribution in [-0.2, 0) is 14.3 Å². The molecule has 1 atom stereocenters. The molecule has 1 aliphatic rings. The van der Waals surface area contributed by atoms with Crippen LogP contribution in [0.4, 0.5) is 8.78 Å². The molecule has 1 aliphatic heterocycles. The molecule has 0 spiro atoms. The van der Waals surface area contributed by atoms with Crippen LogP contribution < -0.4 is 5.32 Å². The van der Waals surface area contributed by atoms with E-state index in [2.05, 4.69) is 10.1 Å². The molecule has 1 fully saturated rings. The van der Waals surface area contributed by atoms with Gasteiger partial charge in [0.05, 0.1) is 7.11 Å². The van der Waals surface area contributed by atoms with Crippen molar-refractivity contribution in [2.45, 2.75) is 12.3 Å². The molecule has 0 radical (unpaired) electrons. The molecule has 19 heavy (non-hydrogen) atoms. The Balaban J connectivity index is 0.000000399. The van der Waals surface area contributed by atoms with E-state index in [-0.39, 0.29) is 29.5 Å². The van der Waals surface area contributed by atoms with Crippen LogP contribution in [0.3, 0.4) is 0 Å². The molecular weight excluding hydrogens is 280 g/mol. The normalized spacial score (nSPS) is 17.3. The van der Waals surface area contributed by atoms with Crippen LogP contribution in [0.5, 0.6) is 0 Å². The Hall–Kier alpha value is -1.69. The highest BCUT2D eigenvalue weighted by Gasteiger charge is 2.28. The summed E-state index contributed by atoms with van der Waals surface area (Å²) in [6.07, 6.45) is 0.121. The van der Waals surface area contributed by atoms with Gasteiger partial charge in [-0.05, 0) is 12.1 Å². The second kappa shape index (κ2) is 7.04. The molecule has 1 saturated heterocycles. The zero-order valence-electron chi connectivity index (χ0n) is 10.1. The Morgan fingerprint density at radius 2 is 1.95 bits per heavy atom. The molecule has 1 N–H and O–H groups in total. The van der Waals surface area contributed by atoms with Crippen molar-refractivity contribution in [1.82, 2.24) is 5.32 Å². The number of hydrogen-bond acceptors (Lipinski definition) is 3. The number of nitrogens with one attached hydrogen (secondary N) is 1. The predicted molar refractivity (Wildman–Crippen MR) is 64.8 cm³/mol. The van der Waals surface area contributed by atoms with Crippen LogP contribution in [0.1, 0.15) is 17.9 Å². The molecule has 2 rings (SSSR count). The second-order valence-corrected chi connectivity index (χ2v) is 4.26. The minimum absolute atomic E-state index is 0.0195. The Bertz CT molecular complexity index is 459. The lowest BCUT2D eigenvalue weighted by Gasteiger charge is -2.10. The molecule has 1 heterocycles. The molecule has 1 aromatic rings. The molecule has 0 saturated carbocycles. The molecular formula is C12H12ClF2NO3. The van der Waals surface area contributed by atoms with Gasteiger partial charge < -0.3 is 10.1 Å². The van der Waals surface area contributed by atoms with E-state index < -0.39 is 17.6 Å². The Labute approximate surface area is 113 Å². The number of carbonyl (C=O) groups is 2. The smallest absolute Gasteiger partial charge is 0.292 e. The SMILES string of the molecule is COC=O.O=C1C[C@H](c2c(F)cc(Cl)cc2F)CN1. The van der Waals surface area contributed by atoms with Crippen LogP contribution in [-0.4, -0.2) is 26.0 Å². The highest BCUT2D eigenvalue weighted by atomic mass is 35.5. The second-order valence-electron chi connectivity index (χ2n) is 3.82. The van der Waals surface area contributed by atoms with Crippen LogP contribution in [0.15, 0.2) is 12.1 Å². The van der Waals surface area contributed by atoms with Crippen molar-refractivity contribution in [2.75, 3.05) is 13.7 Å². The molecule has 0 bridgehead atoms. The summed E-state index contributed by atoms with van der Waals surface area (Å²) in [5.41, 5.74) is -0.0576. The summed E-state index contributed by atoms with van der Waals surface area (Å²) in [7, 11) is 1.31. The van der Waals surface area contributed by atoms with Gasteiger partial charge in [-0.25, -0.2) is 8.78 Å². The first-order chi connectivity index (χ1) is 8.99. The van der Waals surface area contributed by atoms with Crippen LogP contribution in [0.2, 0.25) is 5.02 Å².